The van der Waals surface area contributed by atoms with E-state index in [1.54, 1.807) is 0 Å². The number of aliphatic hydroxyl groups is 1. The van der Waals surface area contributed by atoms with E-state index in [-0.39, 0.29) is 18.3 Å². The third kappa shape index (κ3) is 3.56. The Bertz CT molecular complexity index is 336. The van der Waals surface area contributed by atoms with E-state index >= 15 is 0 Å². The predicted molar refractivity (Wildman–Crippen MR) is 73.4 cm³/mol. The lowest BCUT2D eigenvalue weighted by Gasteiger charge is -2.19. The van der Waals surface area contributed by atoms with Crippen molar-refractivity contribution in [3.63, 3.8) is 0 Å². The molecule has 0 unspecified atom stereocenters. The molecule has 0 saturated carbocycles. The summed E-state index contributed by atoms with van der Waals surface area (Å²) in [6.45, 7) is 2.18. The van der Waals surface area contributed by atoms with Gasteiger partial charge in [0.25, 0.3) is 0 Å². The lowest BCUT2D eigenvalue weighted by Crippen LogP contribution is -2.25. The molecule has 2 heteroatoms. The van der Waals surface area contributed by atoms with Crippen molar-refractivity contribution in [1.29, 1.82) is 0 Å². The van der Waals surface area contributed by atoms with E-state index in [0.717, 1.165) is 25.7 Å². The summed E-state index contributed by atoms with van der Waals surface area (Å²) in [6.07, 6.45) is 6.31. The van der Waals surface area contributed by atoms with Crippen molar-refractivity contribution >= 4 is 0 Å². The van der Waals surface area contributed by atoms with Crippen LogP contribution < -0.4 is 0 Å². The molecule has 1 aliphatic heterocycles. The highest BCUT2D eigenvalue weighted by atomic mass is 16.5. The lowest BCUT2D eigenvalue weighted by atomic mass is 10.0. The molecule has 1 aromatic carbocycles. The minimum atomic E-state index is -0.287. The largest absolute Gasteiger partial charge is 0.390 e. The van der Waals surface area contributed by atoms with Gasteiger partial charge in [-0.2, -0.15) is 0 Å². The minimum absolute atomic E-state index is 0.0343. The number of benzene rings is 1. The third-order valence-electron chi connectivity index (χ3n) is 3.76. The van der Waals surface area contributed by atoms with E-state index < -0.39 is 0 Å². The second kappa shape index (κ2) is 6.91. The quantitative estimate of drug-likeness (QED) is 0.775. The van der Waals surface area contributed by atoms with Crippen LogP contribution in [0.4, 0.5) is 0 Å². The molecule has 1 N–H and O–H groups in total. The standard InChI is InChI=1S/C16H24O2/c1-2-3-5-10-14(17)16-12-11-15(18-16)13-8-6-4-7-9-13/h4,6-9,14-17H,2-3,5,10-12H2,1H3/t14-,15-,16-/m0/s1. The van der Waals surface area contributed by atoms with Gasteiger partial charge in [-0.15, -0.1) is 0 Å². The van der Waals surface area contributed by atoms with Crippen molar-refractivity contribution in [1.82, 2.24) is 0 Å². The molecule has 1 saturated heterocycles. The fraction of sp³-hybridized carbons (Fsp3) is 0.625. The topological polar surface area (TPSA) is 29.5 Å². The molecule has 3 atom stereocenters. The van der Waals surface area contributed by atoms with Crippen LogP contribution in [0.15, 0.2) is 30.3 Å². The van der Waals surface area contributed by atoms with Crippen LogP contribution in [-0.2, 0) is 4.74 Å². The number of ether oxygens (including phenoxy) is 1. The summed E-state index contributed by atoms with van der Waals surface area (Å²) in [5.41, 5.74) is 1.24. The van der Waals surface area contributed by atoms with E-state index in [4.69, 9.17) is 4.74 Å². The van der Waals surface area contributed by atoms with Gasteiger partial charge in [0.2, 0.25) is 0 Å². The zero-order valence-corrected chi connectivity index (χ0v) is 11.2. The molecule has 0 spiro atoms. The highest BCUT2D eigenvalue weighted by Crippen LogP contribution is 2.34. The fourth-order valence-electron chi connectivity index (χ4n) is 2.65. The molecule has 0 bridgehead atoms. The molecule has 1 heterocycles. The van der Waals surface area contributed by atoms with Crippen LogP contribution in [0.25, 0.3) is 0 Å². The average molecular weight is 248 g/mol. The van der Waals surface area contributed by atoms with Gasteiger partial charge in [-0.1, -0.05) is 56.5 Å². The maximum absolute atomic E-state index is 10.1. The Balaban J connectivity index is 1.81. The van der Waals surface area contributed by atoms with Crippen LogP contribution in [0.5, 0.6) is 0 Å². The van der Waals surface area contributed by atoms with Crippen molar-refractivity contribution < 1.29 is 9.84 Å². The molecule has 1 fully saturated rings. The average Bonchev–Trinajstić information content (AvgIpc) is 2.89. The molecule has 0 aliphatic carbocycles. The molecule has 2 nitrogen and oxygen atoms in total. The van der Waals surface area contributed by atoms with E-state index in [1.165, 1.54) is 18.4 Å². The van der Waals surface area contributed by atoms with Gasteiger partial charge in [0.1, 0.15) is 0 Å². The Morgan fingerprint density at radius 3 is 2.72 bits per heavy atom. The first-order valence-corrected chi connectivity index (χ1v) is 7.19. The van der Waals surface area contributed by atoms with Gasteiger partial charge in [-0.3, -0.25) is 0 Å². The van der Waals surface area contributed by atoms with E-state index in [1.807, 2.05) is 18.2 Å². The predicted octanol–water partition coefficient (Wildman–Crippen LogP) is 3.85. The van der Waals surface area contributed by atoms with E-state index in [9.17, 15) is 5.11 Å². The van der Waals surface area contributed by atoms with Crippen LogP contribution in [0, 0.1) is 0 Å². The van der Waals surface area contributed by atoms with Crippen molar-refractivity contribution in [3.8, 4) is 0 Å². The molecule has 100 valence electrons. The summed E-state index contributed by atoms with van der Waals surface area (Å²) >= 11 is 0. The second-order valence-corrected chi connectivity index (χ2v) is 5.21. The van der Waals surface area contributed by atoms with Gasteiger partial charge < -0.3 is 9.84 Å². The normalized spacial score (nSPS) is 25.2. The van der Waals surface area contributed by atoms with Gasteiger partial charge in [0.15, 0.2) is 0 Å². The second-order valence-electron chi connectivity index (χ2n) is 5.21. The van der Waals surface area contributed by atoms with E-state index in [0.29, 0.717) is 0 Å². The Kier molecular flexibility index (Phi) is 5.21. The molecule has 18 heavy (non-hydrogen) atoms. The van der Waals surface area contributed by atoms with Gasteiger partial charge in [-0.25, -0.2) is 0 Å². The van der Waals surface area contributed by atoms with E-state index in [2.05, 4.69) is 19.1 Å². The third-order valence-corrected chi connectivity index (χ3v) is 3.76. The van der Waals surface area contributed by atoms with Crippen LogP contribution in [0.3, 0.4) is 0 Å². The summed E-state index contributed by atoms with van der Waals surface area (Å²) in [5.74, 6) is 0. The summed E-state index contributed by atoms with van der Waals surface area (Å²) in [4.78, 5) is 0. The van der Waals surface area contributed by atoms with Crippen LogP contribution in [0.1, 0.15) is 57.1 Å². The van der Waals surface area contributed by atoms with Crippen molar-refractivity contribution in [2.45, 2.75) is 63.8 Å². The van der Waals surface area contributed by atoms with Crippen molar-refractivity contribution in [2.75, 3.05) is 0 Å². The molecule has 0 radical (unpaired) electrons. The van der Waals surface area contributed by atoms with Gasteiger partial charge in [0.05, 0.1) is 18.3 Å². The zero-order valence-electron chi connectivity index (χ0n) is 11.2. The first kappa shape index (κ1) is 13.6. The summed E-state index contributed by atoms with van der Waals surface area (Å²) in [7, 11) is 0. The molecular weight excluding hydrogens is 224 g/mol. The first-order valence-electron chi connectivity index (χ1n) is 7.19. The Labute approximate surface area is 110 Å². The van der Waals surface area contributed by atoms with Gasteiger partial charge in [-0.05, 0) is 24.8 Å². The number of unbranched alkanes of at least 4 members (excludes halogenated alkanes) is 2. The summed E-state index contributed by atoms with van der Waals surface area (Å²) < 4.78 is 5.99. The summed E-state index contributed by atoms with van der Waals surface area (Å²) in [6, 6.07) is 10.3. The van der Waals surface area contributed by atoms with Crippen molar-refractivity contribution in [2.24, 2.45) is 0 Å². The van der Waals surface area contributed by atoms with Gasteiger partial charge in [0, 0.05) is 0 Å². The summed E-state index contributed by atoms with van der Waals surface area (Å²) in [5, 5.41) is 10.1. The first-order chi connectivity index (χ1) is 8.81. The molecule has 1 aromatic rings. The molecule has 0 amide bonds. The Hall–Kier alpha value is -0.860. The van der Waals surface area contributed by atoms with Gasteiger partial charge >= 0.3 is 0 Å². The Morgan fingerprint density at radius 1 is 1.22 bits per heavy atom. The molecule has 0 aromatic heterocycles. The maximum atomic E-state index is 10.1. The highest BCUT2D eigenvalue weighted by Gasteiger charge is 2.30. The number of rotatable bonds is 6. The number of hydrogen-bond donors (Lipinski definition) is 1. The minimum Gasteiger partial charge on any atom is -0.390 e. The molecule has 2 rings (SSSR count). The fourth-order valence-corrected chi connectivity index (χ4v) is 2.65. The number of aliphatic hydroxyl groups excluding tert-OH is 1. The Morgan fingerprint density at radius 2 is 2.00 bits per heavy atom. The van der Waals surface area contributed by atoms with Crippen LogP contribution >= 0.6 is 0 Å². The van der Waals surface area contributed by atoms with Crippen molar-refractivity contribution in [3.05, 3.63) is 35.9 Å². The van der Waals surface area contributed by atoms with Crippen LogP contribution in [-0.4, -0.2) is 17.3 Å². The SMILES string of the molecule is CCCCC[C@H](O)[C@@H]1CC[C@@H](c2ccccc2)O1. The molecule has 1 aliphatic rings. The monoisotopic (exact) mass is 248 g/mol. The smallest absolute Gasteiger partial charge is 0.0843 e. The molecular formula is C16H24O2. The number of hydrogen-bond acceptors (Lipinski definition) is 2. The maximum Gasteiger partial charge on any atom is 0.0843 e. The zero-order chi connectivity index (χ0) is 12.8. The lowest BCUT2D eigenvalue weighted by molar-refractivity contribution is -0.0385. The highest BCUT2D eigenvalue weighted by molar-refractivity contribution is 5.18. The van der Waals surface area contributed by atoms with Crippen LogP contribution in [0.2, 0.25) is 0 Å².